The molecule has 0 aliphatic rings. The lowest BCUT2D eigenvalue weighted by Crippen LogP contribution is -2.24. The molecule has 31 heavy (non-hydrogen) atoms. The van der Waals surface area contributed by atoms with Crippen molar-refractivity contribution in [1.29, 1.82) is 0 Å². The van der Waals surface area contributed by atoms with Gasteiger partial charge in [-0.15, -0.1) is 0 Å². The summed E-state index contributed by atoms with van der Waals surface area (Å²) in [5.74, 6) is 1.24. The van der Waals surface area contributed by atoms with Crippen molar-refractivity contribution in [2.24, 2.45) is 0 Å². The van der Waals surface area contributed by atoms with Crippen LogP contribution in [0.3, 0.4) is 0 Å². The van der Waals surface area contributed by atoms with Crippen LogP contribution in [0.1, 0.15) is 27.8 Å². The first kappa shape index (κ1) is 22.1. The van der Waals surface area contributed by atoms with Gasteiger partial charge >= 0.3 is 0 Å². The maximum absolute atomic E-state index is 12.7. The van der Waals surface area contributed by atoms with Crippen molar-refractivity contribution < 1.29 is 14.3 Å². The van der Waals surface area contributed by atoms with Crippen LogP contribution in [-0.2, 0) is 11.2 Å². The lowest BCUT2D eigenvalue weighted by molar-refractivity contribution is -0.116. The zero-order valence-electron chi connectivity index (χ0n) is 18.4. The van der Waals surface area contributed by atoms with Crippen LogP contribution in [0.2, 0.25) is 0 Å². The highest BCUT2D eigenvalue weighted by molar-refractivity contribution is 5.99. The third kappa shape index (κ3) is 5.72. The minimum Gasteiger partial charge on any atom is -0.493 e. The first-order chi connectivity index (χ1) is 15.0. The zero-order chi connectivity index (χ0) is 22.2. The largest absolute Gasteiger partial charge is 0.493 e. The summed E-state index contributed by atoms with van der Waals surface area (Å²) in [6, 6.07) is 15.8. The number of nitrogens with one attached hydrogen (secondary N) is 1. The molecule has 0 saturated carbocycles. The summed E-state index contributed by atoms with van der Waals surface area (Å²) in [5, 5.41) is 2.99. The Morgan fingerprint density at radius 3 is 2.32 bits per heavy atom. The number of pyridine rings is 1. The molecule has 1 amide bonds. The molecular weight excluding hydrogens is 388 g/mol. The van der Waals surface area contributed by atoms with E-state index < -0.39 is 0 Å². The molecule has 160 valence electrons. The predicted octanol–water partition coefficient (Wildman–Crippen LogP) is 4.51. The SMILES string of the molecule is COc1ccc(CCNC(=O)/C=C(\c2ccncc2)c2ccc(C)c(C)c2)cc1OC. The predicted molar refractivity (Wildman–Crippen MR) is 123 cm³/mol. The number of nitrogens with zero attached hydrogens (tertiary/aromatic N) is 1. The topological polar surface area (TPSA) is 60.5 Å². The van der Waals surface area contributed by atoms with Gasteiger partial charge in [0, 0.05) is 25.0 Å². The minimum absolute atomic E-state index is 0.134. The average Bonchev–Trinajstić information content (AvgIpc) is 2.80. The number of hydrogen-bond donors (Lipinski definition) is 1. The summed E-state index contributed by atoms with van der Waals surface area (Å²) in [5.41, 5.74) is 6.29. The van der Waals surface area contributed by atoms with Gasteiger partial charge in [-0.3, -0.25) is 9.78 Å². The van der Waals surface area contributed by atoms with Crippen LogP contribution in [0.25, 0.3) is 5.57 Å². The van der Waals surface area contributed by atoms with Gasteiger partial charge in [0.2, 0.25) is 5.91 Å². The molecule has 0 aliphatic heterocycles. The molecule has 0 spiro atoms. The molecule has 0 atom stereocenters. The molecule has 5 heteroatoms. The third-order valence-corrected chi connectivity index (χ3v) is 5.25. The number of aromatic nitrogens is 1. The minimum atomic E-state index is -0.134. The Labute approximate surface area is 183 Å². The van der Waals surface area contributed by atoms with Gasteiger partial charge in [0.15, 0.2) is 11.5 Å². The summed E-state index contributed by atoms with van der Waals surface area (Å²) in [6.45, 7) is 4.67. The van der Waals surface area contributed by atoms with Crippen LogP contribution in [0.15, 0.2) is 67.0 Å². The zero-order valence-corrected chi connectivity index (χ0v) is 18.4. The van der Waals surface area contributed by atoms with Crippen molar-refractivity contribution in [1.82, 2.24) is 10.3 Å². The molecule has 0 saturated heterocycles. The lowest BCUT2D eigenvalue weighted by atomic mass is 9.95. The Balaban J connectivity index is 1.75. The van der Waals surface area contributed by atoms with Crippen LogP contribution in [-0.4, -0.2) is 31.7 Å². The van der Waals surface area contributed by atoms with Crippen molar-refractivity contribution in [2.75, 3.05) is 20.8 Å². The van der Waals surface area contributed by atoms with Gasteiger partial charge in [-0.05, 0) is 77.9 Å². The van der Waals surface area contributed by atoms with E-state index in [4.69, 9.17) is 9.47 Å². The Kier molecular flexibility index (Phi) is 7.44. The number of aryl methyl sites for hydroxylation is 2. The first-order valence-electron chi connectivity index (χ1n) is 10.2. The van der Waals surface area contributed by atoms with E-state index in [2.05, 4.69) is 36.3 Å². The standard InChI is InChI=1S/C26H28N2O3/c1-18-5-7-22(15-19(18)2)23(21-10-12-27-13-11-21)17-26(29)28-14-9-20-6-8-24(30-3)25(16-20)31-4/h5-8,10-13,15-17H,9,14H2,1-4H3,(H,28,29)/b23-17+. The number of rotatable bonds is 8. The van der Waals surface area contributed by atoms with Crippen molar-refractivity contribution >= 4 is 11.5 Å². The summed E-state index contributed by atoms with van der Waals surface area (Å²) in [6.07, 6.45) is 5.82. The van der Waals surface area contributed by atoms with Gasteiger partial charge in [-0.25, -0.2) is 0 Å². The molecule has 0 fully saturated rings. The number of benzene rings is 2. The first-order valence-corrected chi connectivity index (χ1v) is 10.2. The van der Waals surface area contributed by atoms with E-state index in [9.17, 15) is 4.79 Å². The summed E-state index contributed by atoms with van der Waals surface area (Å²) in [7, 11) is 3.22. The summed E-state index contributed by atoms with van der Waals surface area (Å²) < 4.78 is 10.6. The Hall–Kier alpha value is -3.60. The van der Waals surface area contributed by atoms with Crippen LogP contribution in [0.4, 0.5) is 0 Å². The lowest BCUT2D eigenvalue weighted by Gasteiger charge is -2.12. The highest BCUT2D eigenvalue weighted by Gasteiger charge is 2.10. The van der Waals surface area contributed by atoms with Crippen molar-refractivity contribution in [3.8, 4) is 11.5 Å². The van der Waals surface area contributed by atoms with Crippen LogP contribution in [0, 0.1) is 13.8 Å². The molecule has 2 aromatic carbocycles. The van der Waals surface area contributed by atoms with Crippen molar-refractivity contribution in [2.45, 2.75) is 20.3 Å². The highest BCUT2D eigenvalue weighted by atomic mass is 16.5. The van der Waals surface area contributed by atoms with Gasteiger partial charge < -0.3 is 14.8 Å². The Bertz CT molecular complexity index is 1080. The Morgan fingerprint density at radius 2 is 1.65 bits per heavy atom. The van der Waals surface area contributed by atoms with Gasteiger partial charge in [0.1, 0.15) is 0 Å². The second-order valence-electron chi connectivity index (χ2n) is 7.32. The van der Waals surface area contributed by atoms with Gasteiger partial charge in [0.05, 0.1) is 14.2 Å². The van der Waals surface area contributed by atoms with Crippen molar-refractivity contribution in [3.63, 3.8) is 0 Å². The molecule has 0 bridgehead atoms. The number of carbonyl (C=O) groups excluding carboxylic acids is 1. The highest BCUT2D eigenvalue weighted by Crippen LogP contribution is 2.28. The van der Waals surface area contributed by atoms with E-state index >= 15 is 0 Å². The van der Waals surface area contributed by atoms with E-state index in [0.29, 0.717) is 24.5 Å². The summed E-state index contributed by atoms with van der Waals surface area (Å²) in [4.78, 5) is 16.8. The number of ether oxygens (including phenoxy) is 2. The normalized spacial score (nSPS) is 11.2. The molecule has 1 N–H and O–H groups in total. The van der Waals surface area contributed by atoms with E-state index in [-0.39, 0.29) is 5.91 Å². The molecule has 0 radical (unpaired) electrons. The summed E-state index contributed by atoms with van der Waals surface area (Å²) >= 11 is 0. The fourth-order valence-electron chi connectivity index (χ4n) is 3.32. The van der Waals surface area contributed by atoms with Gasteiger partial charge in [-0.2, -0.15) is 0 Å². The third-order valence-electron chi connectivity index (χ3n) is 5.25. The van der Waals surface area contributed by atoms with E-state index in [1.54, 1.807) is 32.7 Å². The molecule has 3 rings (SSSR count). The van der Waals surface area contributed by atoms with E-state index in [1.807, 2.05) is 36.4 Å². The number of carbonyl (C=O) groups is 1. The van der Waals surface area contributed by atoms with Crippen molar-refractivity contribution in [3.05, 3.63) is 94.8 Å². The smallest absolute Gasteiger partial charge is 0.244 e. The molecule has 1 aromatic heterocycles. The number of methoxy groups -OCH3 is 2. The van der Waals surface area contributed by atoms with E-state index in [0.717, 1.165) is 22.3 Å². The van der Waals surface area contributed by atoms with Crippen LogP contribution < -0.4 is 14.8 Å². The second kappa shape index (κ2) is 10.4. The van der Waals surface area contributed by atoms with E-state index in [1.165, 1.54) is 11.1 Å². The maximum Gasteiger partial charge on any atom is 0.244 e. The number of hydrogen-bond acceptors (Lipinski definition) is 4. The van der Waals surface area contributed by atoms with Gasteiger partial charge in [0.25, 0.3) is 0 Å². The number of amides is 1. The molecule has 3 aromatic rings. The molecule has 0 aliphatic carbocycles. The quantitative estimate of drug-likeness (QED) is 0.549. The van der Waals surface area contributed by atoms with Crippen LogP contribution in [0.5, 0.6) is 11.5 Å². The molecule has 5 nitrogen and oxygen atoms in total. The fourth-order valence-corrected chi connectivity index (χ4v) is 3.32. The monoisotopic (exact) mass is 416 g/mol. The van der Waals surface area contributed by atoms with Gasteiger partial charge in [-0.1, -0.05) is 24.3 Å². The Morgan fingerprint density at radius 1 is 0.903 bits per heavy atom. The maximum atomic E-state index is 12.7. The molecular formula is C26H28N2O3. The van der Waals surface area contributed by atoms with Crippen LogP contribution >= 0.6 is 0 Å². The second-order valence-corrected chi connectivity index (χ2v) is 7.32. The fraction of sp³-hybridized carbons (Fsp3) is 0.231. The molecule has 0 unspecified atom stereocenters. The molecule has 1 heterocycles. The average molecular weight is 417 g/mol.